The summed E-state index contributed by atoms with van der Waals surface area (Å²) in [4.78, 5) is 57.4. The highest BCUT2D eigenvalue weighted by atomic mass is 16.6. The molecular formula is C24H17N7O9. The average molecular weight is 547 g/mol. The van der Waals surface area contributed by atoms with E-state index in [1.807, 2.05) is 0 Å². The zero-order valence-electron chi connectivity index (χ0n) is 20.1. The van der Waals surface area contributed by atoms with E-state index in [4.69, 9.17) is 0 Å². The monoisotopic (exact) mass is 547 g/mol. The van der Waals surface area contributed by atoms with E-state index in [0.29, 0.717) is 6.07 Å². The Hall–Kier alpha value is -5.64. The Morgan fingerprint density at radius 1 is 0.750 bits per heavy atom. The van der Waals surface area contributed by atoms with E-state index in [9.17, 15) is 45.3 Å². The molecule has 3 atom stereocenters. The van der Waals surface area contributed by atoms with Crippen molar-refractivity contribution in [2.75, 3.05) is 5.01 Å². The van der Waals surface area contributed by atoms with Crippen molar-refractivity contribution in [2.24, 2.45) is 11.0 Å². The van der Waals surface area contributed by atoms with Gasteiger partial charge in [0.15, 0.2) is 0 Å². The smallest absolute Gasteiger partial charge is 0.301 e. The molecular weight excluding hydrogens is 530 g/mol. The third-order valence-electron chi connectivity index (χ3n) is 6.76. The van der Waals surface area contributed by atoms with Crippen LogP contribution in [0.4, 0.5) is 28.4 Å². The Morgan fingerprint density at radius 3 is 1.93 bits per heavy atom. The van der Waals surface area contributed by atoms with Gasteiger partial charge in [-0.2, -0.15) is 10.1 Å². The number of nitro benzene ring substituents is 4. The fourth-order valence-corrected chi connectivity index (χ4v) is 5.06. The van der Waals surface area contributed by atoms with Gasteiger partial charge in [0.1, 0.15) is 11.6 Å². The molecule has 2 aliphatic rings. The van der Waals surface area contributed by atoms with Crippen molar-refractivity contribution in [2.45, 2.75) is 18.5 Å². The van der Waals surface area contributed by atoms with Gasteiger partial charge < -0.3 is 5.32 Å². The van der Waals surface area contributed by atoms with Crippen LogP contribution < -0.4 is 10.3 Å². The summed E-state index contributed by atoms with van der Waals surface area (Å²) >= 11 is 0. The fraction of sp³-hybridized carbons (Fsp3) is 0.167. The van der Waals surface area contributed by atoms with Crippen molar-refractivity contribution >= 4 is 40.1 Å². The highest BCUT2D eigenvalue weighted by molar-refractivity contribution is 6.17. The molecule has 3 unspecified atom stereocenters. The van der Waals surface area contributed by atoms with Crippen molar-refractivity contribution in [3.63, 3.8) is 0 Å². The number of nitrogens with zero attached hydrogens (tertiary/aromatic N) is 6. The molecule has 2 heterocycles. The number of carbonyl (C=O) groups is 1. The first-order chi connectivity index (χ1) is 19.1. The highest BCUT2D eigenvalue weighted by Crippen LogP contribution is 2.45. The number of amides is 1. The van der Waals surface area contributed by atoms with Crippen LogP contribution in [-0.2, 0) is 4.79 Å². The van der Waals surface area contributed by atoms with Crippen LogP contribution in [0.15, 0.2) is 71.8 Å². The van der Waals surface area contributed by atoms with Crippen LogP contribution in [-0.4, -0.2) is 31.3 Å². The number of piperidine rings is 1. The quantitative estimate of drug-likeness (QED) is 0.329. The zero-order chi connectivity index (χ0) is 28.7. The normalized spacial score (nSPS) is 20.0. The number of hydrogen-bond acceptors (Lipinski definition) is 11. The van der Waals surface area contributed by atoms with Crippen LogP contribution in [0.1, 0.15) is 29.6 Å². The maximum atomic E-state index is 13.8. The van der Waals surface area contributed by atoms with Gasteiger partial charge in [0.2, 0.25) is 0 Å². The molecule has 0 saturated carbocycles. The van der Waals surface area contributed by atoms with Gasteiger partial charge in [-0.3, -0.25) is 45.3 Å². The van der Waals surface area contributed by atoms with Crippen molar-refractivity contribution in [1.29, 1.82) is 0 Å². The Bertz CT molecular complexity index is 1640. The molecule has 0 radical (unpaired) electrons. The van der Waals surface area contributed by atoms with Crippen LogP contribution >= 0.6 is 0 Å². The van der Waals surface area contributed by atoms with Crippen LogP contribution in [0.3, 0.4) is 0 Å². The van der Waals surface area contributed by atoms with Gasteiger partial charge in [-0.05, 0) is 6.07 Å². The molecule has 5 rings (SSSR count). The van der Waals surface area contributed by atoms with Crippen LogP contribution in [0, 0.1) is 46.4 Å². The number of hydrazone groups is 1. The molecule has 16 nitrogen and oxygen atoms in total. The van der Waals surface area contributed by atoms with Crippen molar-refractivity contribution in [3.05, 3.63) is 118 Å². The van der Waals surface area contributed by atoms with Crippen LogP contribution in [0.25, 0.3) is 0 Å². The number of rotatable bonds is 7. The summed E-state index contributed by atoms with van der Waals surface area (Å²) in [5.41, 5.74) is -1.61. The summed E-state index contributed by atoms with van der Waals surface area (Å²) in [6.45, 7) is 0. The molecule has 202 valence electrons. The third kappa shape index (κ3) is 4.37. The second-order valence-electron chi connectivity index (χ2n) is 8.94. The molecule has 40 heavy (non-hydrogen) atoms. The molecule has 3 aromatic carbocycles. The number of carbonyl (C=O) groups excluding carboxylic acids is 1. The predicted octanol–water partition coefficient (Wildman–Crippen LogP) is 4.11. The molecule has 1 amide bonds. The Labute approximate surface area is 223 Å². The Kier molecular flexibility index (Phi) is 6.44. The molecule has 1 fully saturated rings. The number of hydrogen-bond donors (Lipinski definition) is 1. The van der Waals surface area contributed by atoms with Gasteiger partial charge in [-0.25, -0.2) is 0 Å². The van der Waals surface area contributed by atoms with Gasteiger partial charge in [-0.15, -0.1) is 0 Å². The molecule has 0 aliphatic carbocycles. The average Bonchev–Trinajstić information content (AvgIpc) is 3.28. The maximum absolute atomic E-state index is 13.8. The van der Waals surface area contributed by atoms with Crippen LogP contribution in [0.5, 0.6) is 0 Å². The summed E-state index contributed by atoms with van der Waals surface area (Å²) < 4.78 is 0. The molecule has 1 saturated heterocycles. The van der Waals surface area contributed by atoms with E-state index in [1.54, 1.807) is 6.07 Å². The number of fused-ring (bicyclic) bond motifs is 1. The number of nitro groups is 4. The summed E-state index contributed by atoms with van der Waals surface area (Å²) in [7, 11) is 0. The summed E-state index contributed by atoms with van der Waals surface area (Å²) in [6.07, 6.45) is -0.0321. The van der Waals surface area contributed by atoms with Gasteiger partial charge in [0.05, 0.1) is 37.5 Å². The number of benzene rings is 3. The first-order valence-corrected chi connectivity index (χ1v) is 11.6. The lowest BCUT2D eigenvalue weighted by atomic mass is 9.79. The number of para-hydroxylation sites is 2. The molecule has 0 bridgehead atoms. The minimum atomic E-state index is -1.16. The first kappa shape index (κ1) is 26.0. The summed E-state index contributed by atoms with van der Waals surface area (Å²) in [5, 5.41) is 54.8. The fourth-order valence-electron chi connectivity index (χ4n) is 5.06. The number of anilines is 1. The largest absolute Gasteiger partial charge is 0.301 e. The lowest BCUT2D eigenvalue weighted by Gasteiger charge is -2.35. The van der Waals surface area contributed by atoms with E-state index < -0.39 is 55.0 Å². The van der Waals surface area contributed by atoms with Gasteiger partial charge in [0.25, 0.3) is 23.0 Å². The SMILES string of the molecule is O=C1C2C(=NN1c1ccc([N+](=O)[O-])cc1[N+](=O)[O-])CC(c1ccccc1[N+](=O)[O-])NC2c1ccccc1[N+](=O)[O-]. The highest BCUT2D eigenvalue weighted by Gasteiger charge is 2.50. The third-order valence-corrected chi connectivity index (χ3v) is 6.76. The second kappa shape index (κ2) is 9.91. The predicted molar refractivity (Wildman–Crippen MR) is 138 cm³/mol. The van der Waals surface area contributed by atoms with E-state index in [2.05, 4.69) is 10.4 Å². The van der Waals surface area contributed by atoms with Crippen LogP contribution in [0.2, 0.25) is 0 Å². The zero-order valence-corrected chi connectivity index (χ0v) is 20.1. The second-order valence-corrected chi connectivity index (χ2v) is 8.94. The number of non-ortho nitro benzene ring substituents is 1. The molecule has 16 heteroatoms. The minimum absolute atomic E-state index is 0.0321. The Balaban J connectivity index is 1.66. The summed E-state index contributed by atoms with van der Waals surface area (Å²) in [6, 6.07) is 12.4. The van der Waals surface area contributed by atoms with E-state index in [-0.39, 0.29) is 40.3 Å². The maximum Gasteiger partial charge on any atom is 0.301 e. The van der Waals surface area contributed by atoms with Crippen molar-refractivity contribution < 1.29 is 24.5 Å². The van der Waals surface area contributed by atoms with E-state index in [0.717, 1.165) is 17.1 Å². The minimum Gasteiger partial charge on any atom is -0.301 e. The molecule has 0 aromatic heterocycles. The van der Waals surface area contributed by atoms with E-state index >= 15 is 0 Å². The molecule has 2 aliphatic heterocycles. The van der Waals surface area contributed by atoms with E-state index in [1.165, 1.54) is 42.5 Å². The molecule has 0 spiro atoms. The lowest BCUT2D eigenvalue weighted by Crippen LogP contribution is -2.45. The lowest BCUT2D eigenvalue weighted by molar-refractivity contribution is -0.393. The van der Waals surface area contributed by atoms with Gasteiger partial charge >= 0.3 is 5.69 Å². The van der Waals surface area contributed by atoms with Crippen molar-refractivity contribution in [1.82, 2.24) is 5.32 Å². The standard InChI is InChI=1S/C24H17N7O9/c32-24-22-17(26-27(24)20-10-9-13(28(33)34)11-21(20)31(39)40)12-16(14-5-1-3-7-18(14)29(35)36)25-23(22)15-6-2-4-8-19(15)30(37)38/h1-11,16,22-23,25H,12H2. The van der Waals surface area contributed by atoms with Crippen molar-refractivity contribution in [3.8, 4) is 0 Å². The number of nitrogens with one attached hydrogen (secondary N) is 1. The Morgan fingerprint density at radius 2 is 1.32 bits per heavy atom. The molecule has 3 aromatic rings. The molecule has 1 N–H and O–H groups in total. The van der Waals surface area contributed by atoms with Gasteiger partial charge in [0, 0.05) is 41.8 Å². The topological polar surface area (TPSA) is 217 Å². The van der Waals surface area contributed by atoms with Gasteiger partial charge in [-0.1, -0.05) is 36.4 Å². The first-order valence-electron chi connectivity index (χ1n) is 11.6. The summed E-state index contributed by atoms with van der Waals surface area (Å²) in [5.74, 6) is -1.92.